The maximum Gasteiger partial charge on any atom is 0.178 e. The molecule has 0 saturated heterocycles. The summed E-state index contributed by atoms with van der Waals surface area (Å²) in [6, 6.07) is 11.6. The Morgan fingerprint density at radius 1 is 1.33 bits per heavy atom. The van der Waals surface area contributed by atoms with Gasteiger partial charge in [-0.3, -0.25) is 0 Å². The van der Waals surface area contributed by atoms with E-state index in [-0.39, 0.29) is 0 Å². The van der Waals surface area contributed by atoms with E-state index >= 15 is 0 Å². The predicted molar refractivity (Wildman–Crippen MR) is 86.8 cm³/mol. The highest BCUT2D eigenvalue weighted by Gasteiger charge is 2.07. The Hall–Kier alpha value is -0.580. The van der Waals surface area contributed by atoms with Gasteiger partial charge in [-0.2, -0.15) is 5.26 Å². The highest BCUT2D eigenvalue weighted by molar-refractivity contribution is 14.1. The number of hydrogen-bond donors (Lipinski definition) is 0. The summed E-state index contributed by atoms with van der Waals surface area (Å²) in [6.45, 7) is 0. The van der Waals surface area contributed by atoms with Crippen LogP contribution in [0.3, 0.4) is 0 Å². The summed E-state index contributed by atoms with van der Waals surface area (Å²) in [4.78, 5) is 0. The molecule has 0 spiro atoms. The second-order valence-electron chi connectivity index (χ2n) is 3.45. The summed E-state index contributed by atoms with van der Waals surface area (Å²) >= 11 is 8.86. The van der Waals surface area contributed by atoms with Crippen molar-refractivity contribution in [2.24, 2.45) is 0 Å². The van der Waals surface area contributed by atoms with E-state index in [4.69, 9.17) is 4.42 Å². The number of allylic oxidation sites excluding steroid dienone is 1. The second kappa shape index (κ2) is 6.04. The summed E-state index contributed by atoms with van der Waals surface area (Å²) in [6.07, 6.45) is 1.73. The third kappa shape index (κ3) is 3.25. The van der Waals surface area contributed by atoms with Gasteiger partial charge in [0, 0.05) is 27.1 Å². The van der Waals surface area contributed by atoms with Gasteiger partial charge in [-0.15, -0.1) is 0 Å². The van der Waals surface area contributed by atoms with Gasteiger partial charge in [0.15, 0.2) is 3.77 Å². The summed E-state index contributed by atoms with van der Waals surface area (Å²) in [5, 5.41) is 9.22. The fraction of sp³-hybridized carbons (Fsp3) is 0. The quantitative estimate of drug-likeness (QED) is 0.424. The summed E-state index contributed by atoms with van der Waals surface area (Å²) in [7, 11) is 0. The first-order chi connectivity index (χ1) is 8.60. The summed E-state index contributed by atoms with van der Waals surface area (Å²) in [5.74, 6) is 0.655. The zero-order chi connectivity index (χ0) is 13.1. The average Bonchev–Trinajstić information content (AvgIpc) is 2.65. The number of halogens is 3. The van der Waals surface area contributed by atoms with Crippen molar-refractivity contribution in [2.75, 3.05) is 0 Å². The van der Waals surface area contributed by atoms with Gasteiger partial charge in [0.25, 0.3) is 0 Å². The van der Waals surface area contributed by atoms with Crippen molar-refractivity contribution >= 4 is 66.1 Å². The Balaban J connectivity index is 2.43. The van der Waals surface area contributed by atoms with E-state index < -0.39 is 0 Å². The molecule has 0 aliphatic rings. The molecule has 90 valence electrons. The van der Waals surface area contributed by atoms with Crippen LogP contribution < -0.4 is 0 Å². The Morgan fingerprint density at radius 2 is 2.11 bits per heavy atom. The average molecular weight is 479 g/mol. The van der Waals surface area contributed by atoms with Crippen molar-refractivity contribution in [3.05, 3.63) is 54.4 Å². The molecular weight excluding hydrogens is 473 g/mol. The first-order valence-electron chi connectivity index (χ1n) is 4.92. The van der Waals surface area contributed by atoms with E-state index in [2.05, 4.69) is 60.5 Å². The van der Waals surface area contributed by atoms with E-state index in [0.29, 0.717) is 11.3 Å². The van der Waals surface area contributed by atoms with E-state index in [1.54, 1.807) is 6.08 Å². The largest absolute Gasteiger partial charge is 0.450 e. The number of nitrogens with zero attached hydrogens (tertiary/aromatic N) is 1. The SMILES string of the molecule is N#C/C(=C/c1cc(Br)c(I)o1)c1cccc(Br)c1. The van der Waals surface area contributed by atoms with Crippen LogP contribution in [-0.2, 0) is 0 Å². The number of furan rings is 1. The summed E-state index contributed by atoms with van der Waals surface area (Å²) in [5.41, 5.74) is 1.42. The molecule has 2 nitrogen and oxygen atoms in total. The molecule has 1 aromatic heterocycles. The lowest BCUT2D eigenvalue weighted by Gasteiger charge is -1.98. The monoisotopic (exact) mass is 477 g/mol. The molecule has 0 amide bonds. The van der Waals surface area contributed by atoms with Crippen molar-refractivity contribution in [3.8, 4) is 6.07 Å². The third-order valence-electron chi connectivity index (χ3n) is 2.21. The van der Waals surface area contributed by atoms with E-state index in [1.807, 2.05) is 30.3 Å². The first-order valence-corrected chi connectivity index (χ1v) is 7.59. The molecule has 5 heteroatoms. The molecule has 0 fully saturated rings. The van der Waals surface area contributed by atoms with E-state index in [1.165, 1.54) is 0 Å². The predicted octanol–water partition coefficient (Wildman–Crippen LogP) is 5.47. The van der Waals surface area contributed by atoms with Crippen LogP contribution in [0.2, 0.25) is 0 Å². The van der Waals surface area contributed by atoms with Gasteiger partial charge in [-0.05, 0) is 45.8 Å². The van der Waals surface area contributed by atoms with Crippen LogP contribution in [0.15, 0.2) is 43.7 Å². The molecule has 1 heterocycles. The second-order valence-corrected chi connectivity index (χ2v) is 6.20. The first kappa shape index (κ1) is 13.8. The smallest absolute Gasteiger partial charge is 0.178 e. The fourth-order valence-corrected chi connectivity index (χ4v) is 2.53. The van der Waals surface area contributed by atoms with Crippen molar-refractivity contribution in [1.29, 1.82) is 5.26 Å². The Kier molecular flexibility index (Phi) is 4.65. The highest BCUT2D eigenvalue weighted by Crippen LogP contribution is 2.27. The molecule has 18 heavy (non-hydrogen) atoms. The lowest BCUT2D eigenvalue weighted by Crippen LogP contribution is -1.81. The molecule has 0 aliphatic heterocycles. The minimum atomic E-state index is 0.564. The lowest BCUT2D eigenvalue weighted by atomic mass is 10.1. The van der Waals surface area contributed by atoms with Crippen molar-refractivity contribution in [3.63, 3.8) is 0 Å². The van der Waals surface area contributed by atoms with Crippen molar-refractivity contribution < 1.29 is 4.42 Å². The standard InChI is InChI=1S/C13H6Br2INO/c14-10-3-1-2-8(4-10)9(7-17)5-11-6-12(15)13(16)18-11/h1-6H/b9-5-. The van der Waals surface area contributed by atoms with Gasteiger partial charge in [0.05, 0.1) is 16.1 Å². The van der Waals surface area contributed by atoms with Gasteiger partial charge in [-0.25, -0.2) is 0 Å². The van der Waals surface area contributed by atoms with Crippen LogP contribution >= 0.6 is 54.5 Å². The molecule has 0 bridgehead atoms. The van der Waals surface area contributed by atoms with Crippen LogP contribution in [0.25, 0.3) is 11.6 Å². The molecule has 0 atom stereocenters. The topological polar surface area (TPSA) is 36.9 Å². The van der Waals surface area contributed by atoms with Crippen LogP contribution in [0.1, 0.15) is 11.3 Å². The highest BCUT2D eigenvalue weighted by atomic mass is 127. The van der Waals surface area contributed by atoms with Crippen LogP contribution in [-0.4, -0.2) is 0 Å². The third-order valence-corrected chi connectivity index (χ3v) is 4.83. The Bertz CT molecular complexity index is 636. The zero-order valence-corrected chi connectivity index (χ0v) is 14.3. The minimum Gasteiger partial charge on any atom is -0.450 e. The maximum absolute atomic E-state index is 9.22. The minimum absolute atomic E-state index is 0.564. The molecule has 2 rings (SSSR count). The van der Waals surface area contributed by atoms with Gasteiger partial charge in [-0.1, -0.05) is 28.1 Å². The number of hydrogen-bond acceptors (Lipinski definition) is 2. The molecule has 0 saturated carbocycles. The molecule has 2 aromatic rings. The number of benzene rings is 1. The van der Waals surface area contributed by atoms with E-state index in [9.17, 15) is 5.26 Å². The molecule has 0 aliphatic carbocycles. The molecule has 0 N–H and O–H groups in total. The normalized spacial score (nSPS) is 11.3. The molecule has 0 radical (unpaired) electrons. The van der Waals surface area contributed by atoms with Gasteiger partial charge in [0.1, 0.15) is 5.76 Å². The molecule has 1 aromatic carbocycles. The lowest BCUT2D eigenvalue weighted by molar-refractivity contribution is 0.527. The maximum atomic E-state index is 9.22. The number of nitriles is 1. The molecule has 0 unspecified atom stereocenters. The van der Waals surface area contributed by atoms with Crippen molar-refractivity contribution in [1.82, 2.24) is 0 Å². The van der Waals surface area contributed by atoms with E-state index in [0.717, 1.165) is 18.3 Å². The van der Waals surface area contributed by atoms with Gasteiger partial charge >= 0.3 is 0 Å². The molecular formula is C13H6Br2INO. The Morgan fingerprint density at radius 3 is 2.67 bits per heavy atom. The van der Waals surface area contributed by atoms with Crippen LogP contribution in [0.5, 0.6) is 0 Å². The van der Waals surface area contributed by atoms with Gasteiger partial charge < -0.3 is 4.42 Å². The zero-order valence-electron chi connectivity index (χ0n) is 8.95. The Labute approximate surface area is 135 Å². The summed E-state index contributed by atoms with van der Waals surface area (Å²) < 4.78 is 8.10. The van der Waals surface area contributed by atoms with Crippen molar-refractivity contribution in [2.45, 2.75) is 0 Å². The fourth-order valence-electron chi connectivity index (χ4n) is 1.41. The number of rotatable bonds is 2. The van der Waals surface area contributed by atoms with Gasteiger partial charge in [0.2, 0.25) is 0 Å². The van der Waals surface area contributed by atoms with Crippen LogP contribution in [0.4, 0.5) is 0 Å². The van der Waals surface area contributed by atoms with Crippen LogP contribution in [0, 0.1) is 15.1 Å².